The third kappa shape index (κ3) is 3.71. The second kappa shape index (κ2) is 7.65. The van der Waals surface area contributed by atoms with Crippen molar-refractivity contribution < 1.29 is 29.0 Å². The van der Waals surface area contributed by atoms with Crippen molar-refractivity contribution in [1.82, 2.24) is 9.80 Å². The minimum Gasteiger partial charge on any atom is -0.497 e. The summed E-state index contributed by atoms with van der Waals surface area (Å²) in [6, 6.07) is 5.57. The second-order valence-corrected chi connectivity index (χ2v) is 6.45. The average Bonchev–Trinajstić information content (AvgIpc) is 2.91. The molecule has 4 amide bonds. The minimum atomic E-state index is -0.946. The number of nitrogens with zero attached hydrogens (tertiary/aromatic N) is 3. The third-order valence-corrected chi connectivity index (χ3v) is 4.77. The highest BCUT2D eigenvalue weighted by Gasteiger charge is 2.48. The Kier molecular flexibility index (Phi) is 5.29. The maximum Gasteiger partial charge on any atom is 0.332 e. The van der Waals surface area contributed by atoms with Gasteiger partial charge in [0, 0.05) is 32.0 Å². The van der Waals surface area contributed by atoms with Gasteiger partial charge in [-0.1, -0.05) is 6.07 Å². The van der Waals surface area contributed by atoms with Crippen molar-refractivity contribution in [2.24, 2.45) is 0 Å². The highest BCUT2D eigenvalue weighted by atomic mass is 16.5. The molecule has 2 saturated heterocycles. The number of urea groups is 1. The fourth-order valence-corrected chi connectivity index (χ4v) is 3.36. The number of rotatable bonds is 6. The SMILES string of the molecule is COc1cccc(N2C(=O)[C@@H]3CN(C(=O)CCCC(=O)O)CCN3C2=O)c1. The smallest absolute Gasteiger partial charge is 0.332 e. The Hall–Kier alpha value is -3.10. The van der Waals surface area contributed by atoms with Gasteiger partial charge >= 0.3 is 12.0 Å². The zero-order valence-corrected chi connectivity index (χ0v) is 15.0. The van der Waals surface area contributed by atoms with E-state index in [1.54, 1.807) is 24.3 Å². The number of imide groups is 1. The monoisotopic (exact) mass is 375 g/mol. The number of piperazine rings is 1. The van der Waals surface area contributed by atoms with Gasteiger partial charge in [0.15, 0.2) is 0 Å². The third-order valence-electron chi connectivity index (χ3n) is 4.77. The molecule has 3 rings (SSSR count). The number of hydrogen-bond acceptors (Lipinski definition) is 5. The largest absolute Gasteiger partial charge is 0.497 e. The first-order chi connectivity index (χ1) is 12.9. The van der Waals surface area contributed by atoms with E-state index in [0.29, 0.717) is 18.0 Å². The Morgan fingerprint density at radius 3 is 2.70 bits per heavy atom. The number of carboxylic acid groups (broad SMARTS) is 1. The zero-order chi connectivity index (χ0) is 19.6. The lowest BCUT2D eigenvalue weighted by Gasteiger charge is -2.35. The topological polar surface area (TPSA) is 107 Å². The van der Waals surface area contributed by atoms with E-state index in [9.17, 15) is 19.2 Å². The minimum absolute atomic E-state index is 0.0732. The van der Waals surface area contributed by atoms with Crippen LogP contribution in [0.4, 0.5) is 10.5 Å². The van der Waals surface area contributed by atoms with Crippen LogP contribution in [0.25, 0.3) is 0 Å². The van der Waals surface area contributed by atoms with E-state index in [2.05, 4.69) is 0 Å². The molecule has 0 spiro atoms. The summed E-state index contributed by atoms with van der Waals surface area (Å²) < 4.78 is 5.15. The molecule has 9 heteroatoms. The number of carboxylic acids is 1. The van der Waals surface area contributed by atoms with Gasteiger partial charge in [-0.15, -0.1) is 0 Å². The lowest BCUT2D eigenvalue weighted by Crippen LogP contribution is -2.54. The van der Waals surface area contributed by atoms with E-state index in [1.807, 2.05) is 0 Å². The maximum atomic E-state index is 12.8. The molecule has 0 unspecified atom stereocenters. The first-order valence-electron chi connectivity index (χ1n) is 8.70. The molecule has 0 aromatic heterocycles. The quantitative estimate of drug-likeness (QED) is 0.741. The van der Waals surface area contributed by atoms with E-state index in [4.69, 9.17) is 9.84 Å². The van der Waals surface area contributed by atoms with E-state index in [1.165, 1.54) is 16.9 Å². The standard InChI is InChI=1S/C18H21N3O6/c1-27-13-5-2-4-12(10-13)21-17(25)14-11-19(8-9-20(14)18(21)26)15(22)6-3-7-16(23)24/h2,4-5,10,14H,3,6-9,11H2,1H3,(H,23,24)/t14-/m0/s1. The highest BCUT2D eigenvalue weighted by Crippen LogP contribution is 2.29. The van der Waals surface area contributed by atoms with Gasteiger partial charge in [-0.05, 0) is 18.6 Å². The lowest BCUT2D eigenvalue weighted by atomic mass is 10.1. The summed E-state index contributed by atoms with van der Waals surface area (Å²) in [4.78, 5) is 52.5. The summed E-state index contributed by atoms with van der Waals surface area (Å²) in [7, 11) is 1.50. The number of carbonyl (C=O) groups is 4. The number of carbonyl (C=O) groups excluding carboxylic acids is 3. The van der Waals surface area contributed by atoms with Gasteiger partial charge in [0.1, 0.15) is 11.8 Å². The van der Waals surface area contributed by atoms with Gasteiger partial charge in [0.2, 0.25) is 5.91 Å². The van der Waals surface area contributed by atoms with Crippen LogP contribution in [0.3, 0.4) is 0 Å². The molecule has 9 nitrogen and oxygen atoms in total. The molecule has 0 radical (unpaired) electrons. The van der Waals surface area contributed by atoms with Crippen LogP contribution in [0.1, 0.15) is 19.3 Å². The lowest BCUT2D eigenvalue weighted by molar-refractivity contribution is -0.137. The van der Waals surface area contributed by atoms with Gasteiger partial charge in [-0.3, -0.25) is 14.4 Å². The number of benzene rings is 1. The molecule has 0 aliphatic carbocycles. The van der Waals surface area contributed by atoms with Crippen molar-refractivity contribution >= 4 is 29.5 Å². The Balaban J connectivity index is 1.70. The number of hydrogen-bond donors (Lipinski definition) is 1. The molecule has 0 bridgehead atoms. The van der Waals surface area contributed by atoms with Crippen LogP contribution in [0, 0.1) is 0 Å². The number of aliphatic carboxylic acids is 1. The maximum absolute atomic E-state index is 12.8. The first kappa shape index (κ1) is 18.7. The van der Waals surface area contributed by atoms with Crippen LogP contribution in [-0.4, -0.2) is 71.5 Å². The Morgan fingerprint density at radius 2 is 2.00 bits per heavy atom. The molecule has 1 N–H and O–H groups in total. The van der Waals surface area contributed by atoms with Crippen molar-refractivity contribution in [3.63, 3.8) is 0 Å². The number of amides is 4. The molecule has 0 saturated carbocycles. The van der Waals surface area contributed by atoms with Gasteiger partial charge < -0.3 is 19.6 Å². The normalized spacial score (nSPS) is 19.3. The highest BCUT2D eigenvalue weighted by molar-refractivity contribution is 6.21. The first-order valence-corrected chi connectivity index (χ1v) is 8.70. The molecular weight excluding hydrogens is 354 g/mol. The molecule has 1 aromatic carbocycles. The summed E-state index contributed by atoms with van der Waals surface area (Å²) in [5.41, 5.74) is 0.429. The number of ether oxygens (including phenoxy) is 1. The second-order valence-electron chi connectivity index (χ2n) is 6.45. The summed E-state index contributed by atoms with van der Waals surface area (Å²) >= 11 is 0. The van der Waals surface area contributed by atoms with Gasteiger partial charge in [0.05, 0.1) is 19.3 Å². The molecule has 144 valence electrons. The van der Waals surface area contributed by atoms with Gasteiger partial charge in [0.25, 0.3) is 5.91 Å². The fourth-order valence-electron chi connectivity index (χ4n) is 3.36. The Bertz CT molecular complexity index is 780. The van der Waals surface area contributed by atoms with E-state index in [-0.39, 0.29) is 44.2 Å². The molecule has 27 heavy (non-hydrogen) atoms. The summed E-state index contributed by atoms with van der Waals surface area (Å²) in [5.74, 6) is -0.987. The molecule has 2 heterocycles. The van der Waals surface area contributed by atoms with Crippen LogP contribution in [0.2, 0.25) is 0 Å². The van der Waals surface area contributed by atoms with Crippen molar-refractivity contribution in [3.8, 4) is 5.75 Å². The van der Waals surface area contributed by atoms with Crippen molar-refractivity contribution in [3.05, 3.63) is 24.3 Å². The molecule has 2 fully saturated rings. The number of methoxy groups -OCH3 is 1. The predicted molar refractivity (Wildman–Crippen MR) is 94.4 cm³/mol. The molecule has 1 aromatic rings. The fraction of sp³-hybridized carbons (Fsp3) is 0.444. The van der Waals surface area contributed by atoms with E-state index >= 15 is 0 Å². The van der Waals surface area contributed by atoms with Crippen LogP contribution >= 0.6 is 0 Å². The van der Waals surface area contributed by atoms with Crippen LogP contribution in [0.15, 0.2) is 24.3 Å². The number of anilines is 1. The summed E-state index contributed by atoms with van der Waals surface area (Å²) in [5, 5.41) is 8.67. The van der Waals surface area contributed by atoms with E-state index < -0.39 is 18.0 Å². The van der Waals surface area contributed by atoms with Crippen LogP contribution in [0.5, 0.6) is 5.75 Å². The molecular formula is C18H21N3O6. The average molecular weight is 375 g/mol. The molecule has 2 aliphatic rings. The number of fused-ring (bicyclic) bond motifs is 1. The van der Waals surface area contributed by atoms with Gasteiger partial charge in [-0.2, -0.15) is 0 Å². The van der Waals surface area contributed by atoms with Gasteiger partial charge in [-0.25, -0.2) is 9.69 Å². The van der Waals surface area contributed by atoms with Crippen LogP contribution in [-0.2, 0) is 14.4 Å². The summed E-state index contributed by atoms with van der Waals surface area (Å²) in [6.45, 7) is 0.713. The van der Waals surface area contributed by atoms with E-state index in [0.717, 1.165) is 4.90 Å². The summed E-state index contributed by atoms with van der Waals surface area (Å²) in [6.07, 6.45) is 0.290. The Labute approximate surface area is 156 Å². The predicted octanol–water partition coefficient (Wildman–Crippen LogP) is 0.929. The molecule has 1 atom stereocenters. The van der Waals surface area contributed by atoms with Crippen LogP contribution < -0.4 is 9.64 Å². The van der Waals surface area contributed by atoms with Crippen molar-refractivity contribution in [1.29, 1.82) is 0 Å². The zero-order valence-electron chi connectivity index (χ0n) is 15.0. The van der Waals surface area contributed by atoms with Crippen molar-refractivity contribution in [2.45, 2.75) is 25.3 Å². The Morgan fingerprint density at radius 1 is 1.22 bits per heavy atom. The van der Waals surface area contributed by atoms with Crippen molar-refractivity contribution in [2.75, 3.05) is 31.6 Å². The molecule has 2 aliphatic heterocycles.